The van der Waals surface area contributed by atoms with Crippen LogP contribution in [0.1, 0.15) is 16.0 Å². The molecule has 1 aromatic carbocycles. The predicted molar refractivity (Wildman–Crippen MR) is 90.2 cm³/mol. The van der Waals surface area contributed by atoms with Gasteiger partial charge in [0.15, 0.2) is 5.96 Å². The Morgan fingerprint density at radius 2 is 2.05 bits per heavy atom. The number of benzene rings is 1. The van der Waals surface area contributed by atoms with Crippen LogP contribution in [0, 0.1) is 6.92 Å². The molecule has 20 heavy (non-hydrogen) atoms. The Labute approximate surface area is 132 Å². The quantitative estimate of drug-likeness (QED) is 0.651. The maximum Gasteiger partial charge on any atom is 0.191 e. The first-order chi connectivity index (χ1) is 9.69. The molecule has 0 aliphatic carbocycles. The molecule has 2 rings (SSSR count). The topological polar surface area (TPSA) is 36.4 Å². The lowest BCUT2D eigenvalue weighted by atomic mass is 10.2. The molecule has 5 heteroatoms. The normalized spacial score (nSPS) is 11.4. The van der Waals surface area contributed by atoms with Crippen molar-refractivity contribution in [2.75, 3.05) is 7.05 Å². The SMILES string of the molecule is CN=C(NCc1cccc(Br)c1)NCc1sccc1C. The van der Waals surface area contributed by atoms with Crippen LogP contribution in [0.15, 0.2) is 45.2 Å². The van der Waals surface area contributed by atoms with Gasteiger partial charge >= 0.3 is 0 Å². The van der Waals surface area contributed by atoms with Crippen LogP contribution in [-0.4, -0.2) is 13.0 Å². The van der Waals surface area contributed by atoms with E-state index in [2.05, 4.69) is 62.1 Å². The van der Waals surface area contributed by atoms with Crippen molar-refractivity contribution in [1.29, 1.82) is 0 Å². The van der Waals surface area contributed by atoms with Gasteiger partial charge in [-0.2, -0.15) is 0 Å². The number of hydrogen-bond acceptors (Lipinski definition) is 2. The zero-order valence-electron chi connectivity index (χ0n) is 11.6. The molecule has 1 aromatic heterocycles. The zero-order chi connectivity index (χ0) is 14.4. The van der Waals surface area contributed by atoms with Crippen LogP contribution in [0.3, 0.4) is 0 Å². The van der Waals surface area contributed by atoms with Gasteiger partial charge in [-0.1, -0.05) is 28.1 Å². The third-order valence-electron chi connectivity index (χ3n) is 2.96. The maximum absolute atomic E-state index is 4.24. The van der Waals surface area contributed by atoms with E-state index in [-0.39, 0.29) is 0 Å². The van der Waals surface area contributed by atoms with Crippen molar-refractivity contribution in [3.8, 4) is 0 Å². The van der Waals surface area contributed by atoms with E-state index in [1.54, 1.807) is 18.4 Å². The summed E-state index contributed by atoms with van der Waals surface area (Å²) in [5.74, 6) is 0.817. The first kappa shape index (κ1) is 15.1. The fraction of sp³-hybridized carbons (Fsp3) is 0.267. The van der Waals surface area contributed by atoms with Crippen LogP contribution < -0.4 is 10.6 Å². The highest BCUT2D eigenvalue weighted by Crippen LogP contribution is 2.14. The summed E-state index contributed by atoms with van der Waals surface area (Å²) >= 11 is 5.25. The molecular formula is C15H18BrN3S. The number of nitrogens with one attached hydrogen (secondary N) is 2. The molecule has 0 aliphatic heterocycles. The van der Waals surface area contributed by atoms with Gasteiger partial charge < -0.3 is 10.6 Å². The van der Waals surface area contributed by atoms with Gasteiger partial charge in [0.2, 0.25) is 0 Å². The molecule has 0 aliphatic rings. The van der Waals surface area contributed by atoms with Crippen molar-refractivity contribution in [2.45, 2.75) is 20.0 Å². The van der Waals surface area contributed by atoms with E-state index < -0.39 is 0 Å². The van der Waals surface area contributed by atoms with Crippen LogP contribution in [0.25, 0.3) is 0 Å². The number of hydrogen-bond donors (Lipinski definition) is 2. The molecule has 0 bridgehead atoms. The number of thiophene rings is 1. The number of halogens is 1. The monoisotopic (exact) mass is 351 g/mol. The van der Waals surface area contributed by atoms with Gasteiger partial charge in [0.25, 0.3) is 0 Å². The third-order valence-corrected chi connectivity index (χ3v) is 4.47. The van der Waals surface area contributed by atoms with Crippen LogP contribution in [0.4, 0.5) is 0 Å². The highest BCUT2D eigenvalue weighted by molar-refractivity contribution is 9.10. The zero-order valence-corrected chi connectivity index (χ0v) is 14.0. The number of rotatable bonds is 4. The second kappa shape index (κ2) is 7.45. The lowest BCUT2D eigenvalue weighted by Gasteiger charge is -2.12. The van der Waals surface area contributed by atoms with Crippen molar-refractivity contribution in [3.05, 3.63) is 56.2 Å². The Kier molecular flexibility index (Phi) is 5.61. The summed E-state index contributed by atoms with van der Waals surface area (Å²) in [7, 11) is 1.79. The van der Waals surface area contributed by atoms with Gasteiger partial charge in [-0.05, 0) is 41.6 Å². The van der Waals surface area contributed by atoms with Gasteiger partial charge in [0, 0.05) is 22.9 Å². The first-order valence-corrected chi connectivity index (χ1v) is 8.08. The van der Waals surface area contributed by atoms with E-state index >= 15 is 0 Å². The summed E-state index contributed by atoms with van der Waals surface area (Å²) in [4.78, 5) is 5.58. The number of guanidine groups is 1. The Hall–Kier alpha value is -1.33. The summed E-state index contributed by atoms with van der Waals surface area (Å²) in [6, 6.07) is 10.4. The second-order valence-corrected chi connectivity index (χ2v) is 6.35. The number of aliphatic imine (C=N–C) groups is 1. The van der Waals surface area contributed by atoms with Crippen molar-refractivity contribution < 1.29 is 0 Å². The number of nitrogens with zero attached hydrogens (tertiary/aromatic N) is 1. The first-order valence-electron chi connectivity index (χ1n) is 6.41. The fourth-order valence-corrected chi connectivity index (χ4v) is 3.10. The Morgan fingerprint density at radius 1 is 1.25 bits per heavy atom. The molecule has 106 valence electrons. The molecular weight excluding hydrogens is 334 g/mol. The van der Waals surface area contributed by atoms with Crippen molar-refractivity contribution in [2.24, 2.45) is 4.99 Å². The van der Waals surface area contributed by atoms with E-state index in [0.717, 1.165) is 23.5 Å². The van der Waals surface area contributed by atoms with Crippen molar-refractivity contribution in [3.63, 3.8) is 0 Å². The van der Waals surface area contributed by atoms with Gasteiger partial charge in [-0.25, -0.2) is 0 Å². The molecule has 0 amide bonds. The van der Waals surface area contributed by atoms with Gasteiger partial charge in [-0.15, -0.1) is 11.3 Å². The maximum atomic E-state index is 4.24. The molecule has 2 N–H and O–H groups in total. The van der Waals surface area contributed by atoms with Gasteiger partial charge in [-0.3, -0.25) is 4.99 Å². The summed E-state index contributed by atoms with van der Waals surface area (Å²) in [6.45, 7) is 3.69. The lowest BCUT2D eigenvalue weighted by Crippen LogP contribution is -2.36. The van der Waals surface area contributed by atoms with Crippen LogP contribution >= 0.6 is 27.3 Å². The Bertz CT molecular complexity index is 592. The summed E-state index contributed by atoms with van der Waals surface area (Å²) in [5, 5.41) is 8.77. The molecule has 0 atom stereocenters. The molecule has 0 fully saturated rings. The molecule has 1 heterocycles. The van der Waals surface area contributed by atoms with Crippen LogP contribution in [0.2, 0.25) is 0 Å². The molecule has 0 unspecified atom stereocenters. The second-order valence-electron chi connectivity index (χ2n) is 4.44. The Morgan fingerprint density at radius 3 is 2.70 bits per heavy atom. The van der Waals surface area contributed by atoms with Crippen molar-refractivity contribution in [1.82, 2.24) is 10.6 Å². The number of aryl methyl sites for hydroxylation is 1. The minimum absolute atomic E-state index is 0.753. The van der Waals surface area contributed by atoms with Gasteiger partial charge in [0.1, 0.15) is 0 Å². The summed E-state index contributed by atoms with van der Waals surface area (Å²) < 4.78 is 1.09. The molecule has 2 aromatic rings. The van der Waals surface area contributed by atoms with E-state index in [1.165, 1.54) is 16.0 Å². The molecule has 0 spiro atoms. The molecule has 0 saturated carbocycles. The van der Waals surface area contributed by atoms with E-state index in [4.69, 9.17) is 0 Å². The minimum Gasteiger partial charge on any atom is -0.352 e. The average molecular weight is 352 g/mol. The fourth-order valence-electron chi connectivity index (χ4n) is 1.80. The smallest absolute Gasteiger partial charge is 0.191 e. The standard InChI is InChI=1S/C15H18BrN3S/c1-11-6-7-20-14(11)10-19-15(17-2)18-9-12-4-3-5-13(16)8-12/h3-8H,9-10H2,1-2H3,(H2,17,18,19). The van der Waals surface area contributed by atoms with Crippen molar-refractivity contribution >= 4 is 33.2 Å². The average Bonchev–Trinajstić information content (AvgIpc) is 2.85. The van der Waals surface area contributed by atoms with E-state index in [9.17, 15) is 0 Å². The minimum atomic E-state index is 0.753. The third kappa shape index (κ3) is 4.35. The van der Waals surface area contributed by atoms with Gasteiger partial charge in [0.05, 0.1) is 6.54 Å². The summed E-state index contributed by atoms with van der Waals surface area (Å²) in [6.07, 6.45) is 0. The lowest BCUT2D eigenvalue weighted by molar-refractivity contribution is 0.813. The van der Waals surface area contributed by atoms with Crippen LogP contribution in [-0.2, 0) is 13.1 Å². The highest BCUT2D eigenvalue weighted by Gasteiger charge is 2.02. The van der Waals surface area contributed by atoms with E-state index in [1.807, 2.05) is 12.1 Å². The molecule has 3 nitrogen and oxygen atoms in total. The highest BCUT2D eigenvalue weighted by atomic mass is 79.9. The predicted octanol–water partition coefficient (Wildman–Crippen LogP) is 3.68. The summed E-state index contributed by atoms with van der Waals surface area (Å²) in [5.41, 5.74) is 2.54. The molecule has 0 saturated heterocycles. The Balaban J connectivity index is 1.85. The van der Waals surface area contributed by atoms with Crippen LogP contribution in [0.5, 0.6) is 0 Å². The molecule has 0 radical (unpaired) electrons. The van der Waals surface area contributed by atoms with E-state index in [0.29, 0.717) is 0 Å². The largest absolute Gasteiger partial charge is 0.352 e.